The lowest BCUT2D eigenvalue weighted by atomic mass is 10.0. The van der Waals surface area contributed by atoms with E-state index in [1.165, 1.54) is 5.56 Å². The van der Waals surface area contributed by atoms with E-state index in [2.05, 4.69) is 31.2 Å². The predicted octanol–water partition coefficient (Wildman–Crippen LogP) is 3.49. The van der Waals surface area contributed by atoms with Crippen LogP contribution in [0.3, 0.4) is 0 Å². The Balaban J connectivity index is 2.04. The van der Waals surface area contributed by atoms with E-state index in [0.29, 0.717) is 5.92 Å². The molecule has 1 aliphatic heterocycles. The van der Waals surface area contributed by atoms with Crippen molar-refractivity contribution in [2.24, 2.45) is 5.92 Å². The fourth-order valence-electron chi connectivity index (χ4n) is 1.90. The molecule has 2 rings (SSSR count). The topological polar surface area (TPSA) is 18.5 Å². The Morgan fingerprint density at radius 1 is 1.24 bits per heavy atom. The normalized spacial score (nSPS) is 28.4. The minimum atomic E-state index is -0.474. The van der Waals surface area contributed by atoms with Crippen molar-refractivity contribution in [2.45, 2.75) is 32.7 Å². The van der Waals surface area contributed by atoms with E-state index in [1.807, 2.05) is 32.0 Å². The quantitative estimate of drug-likeness (QED) is 0.777. The fourth-order valence-corrected chi connectivity index (χ4v) is 1.90. The summed E-state index contributed by atoms with van der Waals surface area (Å²) in [6, 6.07) is 10.3. The summed E-state index contributed by atoms with van der Waals surface area (Å²) in [6.45, 7) is 6.82. The number of hydrogen-bond donors (Lipinski definition) is 0. The molecule has 2 atom stereocenters. The molecule has 1 heterocycles. The molecule has 1 aromatic carbocycles. The van der Waals surface area contributed by atoms with Crippen LogP contribution in [-0.2, 0) is 9.47 Å². The molecule has 1 aliphatic rings. The highest BCUT2D eigenvalue weighted by Crippen LogP contribution is 2.27. The van der Waals surface area contributed by atoms with Gasteiger partial charge in [-0.25, -0.2) is 0 Å². The van der Waals surface area contributed by atoms with Gasteiger partial charge in [0.25, 0.3) is 0 Å². The second kappa shape index (κ2) is 5.03. The maximum absolute atomic E-state index is 5.90. The molecule has 0 radical (unpaired) electrons. The summed E-state index contributed by atoms with van der Waals surface area (Å²) >= 11 is 0. The molecule has 17 heavy (non-hydrogen) atoms. The largest absolute Gasteiger partial charge is 0.350 e. The van der Waals surface area contributed by atoms with Crippen LogP contribution in [0.4, 0.5) is 0 Å². The van der Waals surface area contributed by atoms with Crippen molar-refractivity contribution in [3.8, 4) is 0 Å². The van der Waals surface area contributed by atoms with Gasteiger partial charge in [0, 0.05) is 5.92 Å². The average molecular weight is 232 g/mol. The zero-order chi connectivity index (χ0) is 12.3. The average Bonchev–Trinajstić information content (AvgIpc) is 2.32. The molecule has 2 nitrogen and oxygen atoms in total. The summed E-state index contributed by atoms with van der Waals surface area (Å²) in [5, 5.41) is 0. The van der Waals surface area contributed by atoms with Gasteiger partial charge in [0.1, 0.15) is 0 Å². The summed E-state index contributed by atoms with van der Waals surface area (Å²) < 4.78 is 11.5. The maximum atomic E-state index is 5.90. The molecule has 1 unspecified atom stereocenters. The third kappa shape index (κ3) is 3.42. The van der Waals surface area contributed by atoms with Gasteiger partial charge in [-0.05, 0) is 19.4 Å². The molecule has 0 saturated carbocycles. The molecule has 0 aromatic heterocycles. The minimum absolute atomic E-state index is 0.124. The molecule has 0 bridgehead atoms. The van der Waals surface area contributed by atoms with Gasteiger partial charge >= 0.3 is 0 Å². The van der Waals surface area contributed by atoms with Gasteiger partial charge in [-0.15, -0.1) is 0 Å². The monoisotopic (exact) mass is 232 g/mol. The Hall–Kier alpha value is -1.12. The smallest absolute Gasteiger partial charge is 0.163 e. The van der Waals surface area contributed by atoms with Gasteiger partial charge in [-0.1, -0.05) is 49.4 Å². The van der Waals surface area contributed by atoms with E-state index in [1.54, 1.807) is 0 Å². The van der Waals surface area contributed by atoms with E-state index >= 15 is 0 Å². The highest BCUT2D eigenvalue weighted by atomic mass is 16.7. The Morgan fingerprint density at radius 3 is 2.65 bits per heavy atom. The van der Waals surface area contributed by atoms with Crippen LogP contribution in [0.25, 0.3) is 6.08 Å². The standard InChI is InChI=1S/C15H20O2/c1-12-11-16-15(2,3)17-14(12)10-9-13-7-5-4-6-8-13/h4-10,12,14H,11H2,1-3H3/b10-9+/t12-,14?/m1/s1. The van der Waals surface area contributed by atoms with Crippen LogP contribution in [0.15, 0.2) is 36.4 Å². The van der Waals surface area contributed by atoms with Crippen molar-refractivity contribution in [3.05, 3.63) is 42.0 Å². The highest BCUT2D eigenvalue weighted by Gasteiger charge is 2.32. The number of rotatable bonds is 2. The van der Waals surface area contributed by atoms with E-state index < -0.39 is 5.79 Å². The van der Waals surface area contributed by atoms with Gasteiger partial charge in [0.2, 0.25) is 0 Å². The van der Waals surface area contributed by atoms with Gasteiger partial charge in [-0.3, -0.25) is 0 Å². The summed E-state index contributed by atoms with van der Waals surface area (Å²) in [5.74, 6) is -0.0823. The molecule has 0 N–H and O–H groups in total. The predicted molar refractivity (Wildman–Crippen MR) is 69.5 cm³/mol. The minimum Gasteiger partial charge on any atom is -0.350 e. The van der Waals surface area contributed by atoms with Crippen molar-refractivity contribution in [1.82, 2.24) is 0 Å². The van der Waals surface area contributed by atoms with Crippen molar-refractivity contribution >= 4 is 6.08 Å². The Bertz CT molecular complexity index is 381. The van der Waals surface area contributed by atoms with E-state index in [-0.39, 0.29) is 6.10 Å². The lowest BCUT2D eigenvalue weighted by Gasteiger charge is -2.38. The van der Waals surface area contributed by atoms with Gasteiger partial charge < -0.3 is 9.47 Å². The van der Waals surface area contributed by atoms with Gasteiger partial charge in [0.15, 0.2) is 5.79 Å². The lowest BCUT2D eigenvalue weighted by Crippen LogP contribution is -2.43. The zero-order valence-electron chi connectivity index (χ0n) is 10.7. The summed E-state index contributed by atoms with van der Waals surface area (Å²) in [5.41, 5.74) is 1.20. The fraction of sp³-hybridized carbons (Fsp3) is 0.467. The van der Waals surface area contributed by atoms with Crippen molar-refractivity contribution in [2.75, 3.05) is 6.61 Å². The molecule has 92 valence electrons. The van der Waals surface area contributed by atoms with E-state index in [9.17, 15) is 0 Å². The molecule has 1 saturated heterocycles. The second-order valence-electron chi connectivity index (χ2n) is 5.04. The van der Waals surface area contributed by atoms with Crippen LogP contribution in [-0.4, -0.2) is 18.5 Å². The van der Waals surface area contributed by atoms with Crippen LogP contribution in [0.1, 0.15) is 26.3 Å². The third-order valence-electron chi connectivity index (χ3n) is 2.95. The molecule has 0 amide bonds. The van der Waals surface area contributed by atoms with Crippen LogP contribution in [0.5, 0.6) is 0 Å². The summed E-state index contributed by atoms with van der Waals surface area (Å²) in [4.78, 5) is 0. The third-order valence-corrected chi connectivity index (χ3v) is 2.95. The number of hydrogen-bond acceptors (Lipinski definition) is 2. The zero-order valence-corrected chi connectivity index (χ0v) is 10.7. The van der Waals surface area contributed by atoms with Crippen LogP contribution in [0.2, 0.25) is 0 Å². The molecular formula is C15H20O2. The van der Waals surface area contributed by atoms with Crippen LogP contribution >= 0.6 is 0 Å². The van der Waals surface area contributed by atoms with Crippen molar-refractivity contribution < 1.29 is 9.47 Å². The molecule has 0 spiro atoms. The van der Waals surface area contributed by atoms with Gasteiger partial charge in [0.05, 0.1) is 12.7 Å². The molecule has 1 fully saturated rings. The first-order chi connectivity index (χ1) is 8.07. The summed E-state index contributed by atoms with van der Waals surface area (Å²) in [7, 11) is 0. The highest BCUT2D eigenvalue weighted by molar-refractivity contribution is 5.49. The Morgan fingerprint density at radius 2 is 1.94 bits per heavy atom. The number of ether oxygens (including phenoxy) is 2. The first kappa shape index (κ1) is 12.3. The van der Waals surface area contributed by atoms with E-state index in [4.69, 9.17) is 9.47 Å². The van der Waals surface area contributed by atoms with Crippen LogP contribution in [0, 0.1) is 5.92 Å². The summed E-state index contributed by atoms with van der Waals surface area (Å²) in [6.07, 6.45) is 4.37. The first-order valence-corrected chi connectivity index (χ1v) is 6.12. The Labute approximate surface area is 103 Å². The maximum Gasteiger partial charge on any atom is 0.163 e. The number of benzene rings is 1. The van der Waals surface area contributed by atoms with E-state index in [0.717, 1.165) is 6.61 Å². The van der Waals surface area contributed by atoms with Crippen molar-refractivity contribution in [1.29, 1.82) is 0 Å². The molecule has 2 heteroatoms. The molecule has 0 aliphatic carbocycles. The molecule has 1 aromatic rings. The Kier molecular flexibility index (Phi) is 3.65. The van der Waals surface area contributed by atoms with Gasteiger partial charge in [-0.2, -0.15) is 0 Å². The molecular weight excluding hydrogens is 212 g/mol. The SMILES string of the molecule is C[C@@H]1COC(C)(C)OC1/C=C/c1ccccc1. The van der Waals surface area contributed by atoms with Crippen molar-refractivity contribution in [3.63, 3.8) is 0 Å². The second-order valence-corrected chi connectivity index (χ2v) is 5.04. The lowest BCUT2D eigenvalue weighted by molar-refractivity contribution is -0.279. The van der Waals surface area contributed by atoms with Crippen LogP contribution < -0.4 is 0 Å². The first-order valence-electron chi connectivity index (χ1n) is 6.12.